The van der Waals surface area contributed by atoms with Crippen LogP contribution in [0.25, 0.3) is 278 Å². The van der Waals surface area contributed by atoms with Crippen molar-refractivity contribution in [2.45, 2.75) is 0 Å². The zero-order valence-corrected chi connectivity index (χ0v) is 72.8. The summed E-state index contributed by atoms with van der Waals surface area (Å²) < 4.78 is 20.9. The number of imidazole rings is 6. The maximum Gasteiger partial charge on any atom is 0.307 e. The first-order chi connectivity index (χ1) is 67.5. The number of hydrogen-bond acceptors (Lipinski definition) is 14. The number of hydrogen-bond donors (Lipinski definition) is 0. The molecule has 12 aromatic carbocycles. The molecule has 20 heteroatoms. The van der Waals surface area contributed by atoms with Gasteiger partial charge in [0.05, 0.1) is 127 Å². The molecule has 0 saturated heterocycles. The molecule has 16 aromatic heterocycles. The topological polar surface area (TPSA) is 195 Å². The van der Waals surface area contributed by atoms with Crippen molar-refractivity contribution in [2.75, 3.05) is 0 Å². The van der Waals surface area contributed by atoms with Gasteiger partial charge in [-0.1, -0.05) is 212 Å². The fraction of sp³-hybridized carbons (Fsp3) is 0. The number of pyridine rings is 8. The standard InChI is InChI=1S/C48H28N8.C34H19N5O.C34H19N5S/c1-2-12-32-31(11-1)33-23-21-29(27-36(33)35-14-10-26-50-46(35)45-34(32)13-9-25-49-45)53-41-18-6-8-20-43(41)56-44-28-30(22-24-38(44)52-48(53)56)54-40-17-5-7-19-42(40)55-39-16-4-3-15-37(39)51-47(54)55;2*1-2-8-22-21(7-1)23-14-13-20(19-26(23)25-10-6-17-36-32(25)31-24(22)9-5-16-35-31)30-33-29(15-18-37-30)39-28-12-4-3-11-27(28)38-34(39)40-33/h1-28H;2*1-19H. The number of thiazole rings is 1. The van der Waals surface area contributed by atoms with Gasteiger partial charge in [-0.3, -0.25) is 66.6 Å². The molecule has 0 atom stereocenters. The van der Waals surface area contributed by atoms with Gasteiger partial charge in [-0.25, -0.2) is 15.0 Å². The fourth-order valence-electron chi connectivity index (χ4n) is 21.2. The Balaban J connectivity index is 0.000000101. The van der Waals surface area contributed by atoms with Crippen molar-refractivity contribution in [1.82, 2.24) is 86.5 Å². The molecule has 632 valence electrons. The van der Waals surface area contributed by atoms with E-state index in [1.807, 2.05) is 122 Å². The van der Waals surface area contributed by atoms with E-state index in [9.17, 15) is 0 Å². The Morgan fingerprint density at radius 1 is 0.199 bits per heavy atom. The summed E-state index contributed by atoms with van der Waals surface area (Å²) in [6.45, 7) is 0. The van der Waals surface area contributed by atoms with Gasteiger partial charge in [0.2, 0.25) is 11.6 Å². The second-order valence-corrected chi connectivity index (χ2v) is 35.2. The van der Waals surface area contributed by atoms with Gasteiger partial charge in [-0.2, -0.15) is 4.98 Å². The molecule has 0 aliphatic heterocycles. The number of fused-ring (bicyclic) bond motifs is 44. The van der Waals surface area contributed by atoms with Crippen LogP contribution in [0.5, 0.6) is 0 Å². The molecule has 0 bridgehead atoms. The third-order valence-electron chi connectivity index (χ3n) is 27.0. The van der Waals surface area contributed by atoms with Gasteiger partial charge in [-0.05, 0) is 218 Å². The summed E-state index contributed by atoms with van der Waals surface area (Å²) >= 11 is 1.69. The molecule has 31 rings (SSSR count). The minimum absolute atomic E-state index is 0.558. The zero-order chi connectivity index (χ0) is 88.9. The van der Waals surface area contributed by atoms with Crippen molar-refractivity contribution in [3.05, 3.63) is 401 Å². The van der Waals surface area contributed by atoms with Crippen LogP contribution in [0.3, 0.4) is 0 Å². The number of rotatable bonds is 4. The summed E-state index contributed by atoms with van der Waals surface area (Å²) in [6.07, 6.45) is 14.8. The average Bonchev–Trinajstić information content (AvgIpc) is 1.40. The highest BCUT2D eigenvalue weighted by atomic mass is 32.1. The van der Waals surface area contributed by atoms with Gasteiger partial charge in [0, 0.05) is 99.8 Å². The van der Waals surface area contributed by atoms with Crippen LogP contribution in [-0.4, -0.2) is 86.5 Å². The largest absolute Gasteiger partial charge is 0.421 e. The Morgan fingerprint density at radius 3 is 1.02 bits per heavy atom. The SMILES string of the molecule is c1ccc2c(c1)-c1ccc(-c3nccc4c3oc3nc5ccccc5n34)cc1-c1cccnc1-c1ncccc1-2.c1ccc2c(c1)-c1ccc(-c3nccc4c3sc3nc5ccccc5n34)cc1-c1cccnc1-c1ncccc1-2.c1ccc2c(c1)-c1ccc(-n3c4ccccc4n4c5cc(-n6c7ccccc7n7c8ccccc8nc67)ccc5nc34)cc1-c1cccnc1-c1ncccc1-2. The number of benzene rings is 12. The highest BCUT2D eigenvalue weighted by molar-refractivity contribution is 7.24. The summed E-state index contributed by atoms with van der Waals surface area (Å²) in [5.41, 5.74) is 46.3. The van der Waals surface area contributed by atoms with E-state index in [4.69, 9.17) is 64.2 Å². The molecule has 3 aliphatic carbocycles. The molecule has 16 heterocycles. The maximum atomic E-state index is 6.35. The van der Waals surface area contributed by atoms with Gasteiger partial charge < -0.3 is 4.42 Å². The van der Waals surface area contributed by atoms with Crippen LogP contribution in [0, 0.1) is 0 Å². The molecule has 0 saturated carbocycles. The monoisotopic (exact) mass is 1760 g/mol. The fourth-order valence-corrected chi connectivity index (χ4v) is 22.3. The van der Waals surface area contributed by atoms with Crippen molar-refractivity contribution in [3.8, 4) is 168 Å². The molecule has 0 radical (unpaired) electrons. The minimum Gasteiger partial charge on any atom is -0.421 e. The summed E-state index contributed by atoms with van der Waals surface area (Å²) in [5, 5.41) is 0. The third-order valence-corrected chi connectivity index (χ3v) is 28.1. The van der Waals surface area contributed by atoms with Crippen molar-refractivity contribution in [3.63, 3.8) is 0 Å². The van der Waals surface area contributed by atoms with Crippen LogP contribution >= 0.6 is 11.3 Å². The smallest absolute Gasteiger partial charge is 0.307 e. The summed E-state index contributed by atoms with van der Waals surface area (Å²) in [5.74, 6) is 2.28. The van der Waals surface area contributed by atoms with Crippen LogP contribution in [0.15, 0.2) is 406 Å². The van der Waals surface area contributed by atoms with Gasteiger partial charge in [0.15, 0.2) is 10.5 Å². The number of oxazole rings is 1. The molecule has 136 heavy (non-hydrogen) atoms. The van der Waals surface area contributed by atoms with E-state index in [0.29, 0.717) is 11.4 Å². The highest BCUT2D eigenvalue weighted by Gasteiger charge is 2.32. The van der Waals surface area contributed by atoms with Crippen molar-refractivity contribution < 1.29 is 4.42 Å². The molecular weight excluding hydrogens is 1690 g/mol. The first-order valence-electron chi connectivity index (χ1n) is 45.0. The Kier molecular flexibility index (Phi) is 16.3. The van der Waals surface area contributed by atoms with E-state index in [-0.39, 0.29) is 0 Å². The molecule has 28 aromatic rings. The van der Waals surface area contributed by atoms with Gasteiger partial charge in [0.25, 0.3) is 0 Å². The van der Waals surface area contributed by atoms with E-state index >= 15 is 0 Å². The van der Waals surface area contributed by atoms with Crippen molar-refractivity contribution >= 4 is 121 Å². The predicted octanol–water partition coefficient (Wildman–Crippen LogP) is 27.6. The van der Waals surface area contributed by atoms with Crippen LogP contribution in [-0.2, 0) is 0 Å². The Hall–Kier alpha value is -18.7. The summed E-state index contributed by atoms with van der Waals surface area (Å²) in [7, 11) is 0. The first-order valence-corrected chi connectivity index (χ1v) is 45.8. The van der Waals surface area contributed by atoms with Crippen molar-refractivity contribution in [2.24, 2.45) is 0 Å². The van der Waals surface area contributed by atoms with Crippen LogP contribution in [0.4, 0.5) is 0 Å². The molecule has 0 amide bonds. The zero-order valence-electron chi connectivity index (χ0n) is 72.0. The number of para-hydroxylation sites is 10. The Labute approximate surface area is 776 Å². The lowest BCUT2D eigenvalue weighted by Crippen LogP contribution is -2.02. The highest BCUT2D eigenvalue weighted by Crippen LogP contribution is 2.53. The molecule has 19 nitrogen and oxygen atoms in total. The van der Waals surface area contributed by atoms with Crippen LogP contribution in [0.2, 0.25) is 0 Å². The lowest BCUT2D eigenvalue weighted by atomic mass is 9.83. The molecule has 0 unspecified atom stereocenters. The Morgan fingerprint density at radius 2 is 0.529 bits per heavy atom. The average molecular weight is 1760 g/mol. The Bertz CT molecular complexity index is 9630. The van der Waals surface area contributed by atoms with Crippen LogP contribution in [0.1, 0.15) is 0 Å². The first kappa shape index (κ1) is 75.2. The van der Waals surface area contributed by atoms with E-state index in [1.54, 1.807) is 11.3 Å². The third kappa shape index (κ3) is 11.2. The van der Waals surface area contributed by atoms with E-state index in [2.05, 4.69) is 306 Å². The number of aromatic nitrogens is 18. The molecule has 0 spiro atoms. The lowest BCUT2D eigenvalue weighted by Gasteiger charge is -2.22. The maximum absolute atomic E-state index is 6.35. The minimum atomic E-state index is 0.558. The number of nitrogens with zero attached hydrogens (tertiary/aromatic N) is 18. The van der Waals surface area contributed by atoms with Gasteiger partial charge in [0.1, 0.15) is 5.69 Å². The normalized spacial score (nSPS) is 12.1. The molecule has 3 aliphatic rings. The van der Waals surface area contributed by atoms with Crippen molar-refractivity contribution in [1.29, 1.82) is 0 Å². The second kappa shape index (κ2) is 29.4. The van der Waals surface area contributed by atoms with E-state index < -0.39 is 0 Å². The predicted molar refractivity (Wildman–Crippen MR) is 542 cm³/mol. The van der Waals surface area contributed by atoms with E-state index in [1.165, 1.54) is 11.1 Å². The molecular formula is C116H66N18OS. The quantitative estimate of drug-likeness (QED) is 0.162. The summed E-state index contributed by atoms with van der Waals surface area (Å²) in [6, 6.07) is 123. The van der Waals surface area contributed by atoms with Gasteiger partial charge in [-0.15, -0.1) is 0 Å². The lowest BCUT2D eigenvalue weighted by molar-refractivity contribution is 0.643. The van der Waals surface area contributed by atoms with Crippen LogP contribution < -0.4 is 0 Å². The van der Waals surface area contributed by atoms with E-state index in [0.717, 1.165) is 256 Å². The molecule has 0 N–H and O–H groups in total. The molecule has 0 fully saturated rings. The second-order valence-electron chi connectivity index (χ2n) is 34.2. The van der Waals surface area contributed by atoms with Gasteiger partial charge >= 0.3 is 5.84 Å². The summed E-state index contributed by atoms with van der Waals surface area (Å²) in [4.78, 5) is 59.9.